The zero-order chi connectivity index (χ0) is 11.1. The van der Waals surface area contributed by atoms with Gasteiger partial charge in [-0.3, -0.25) is 4.79 Å². The van der Waals surface area contributed by atoms with Crippen molar-refractivity contribution in [3.63, 3.8) is 0 Å². The number of carbonyl (C=O) groups excluding carboxylic acids is 1. The van der Waals surface area contributed by atoms with Crippen molar-refractivity contribution in [3.05, 3.63) is 23.9 Å². The van der Waals surface area contributed by atoms with E-state index >= 15 is 0 Å². The number of nitrogens with one attached hydrogen (secondary N) is 2. The molecule has 1 rings (SSSR count). The molecule has 1 heterocycles. The van der Waals surface area contributed by atoms with Crippen molar-refractivity contribution in [3.8, 4) is 6.07 Å². The lowest BCUT2D eigenvalue weighted by Gasteiger charge is -2.04. The maximum atomic E-state index is 11.1. The van der Waals surface area contributed by atoms with E-state index in [4.69, 9.17) is 5.26 Å². The van der Waals surface area contributed by atoms with Gasteiger partial charge in [0.25, 0.3) is 0 Å². The molecule has 0 aromatic carbocycles. The van der Waals surface area contributed by atoms with Crippen LogP contribution in [0.5, 0.6) is 0 Å². The molecule has 0 saturated carbocycles. The smallest absolute Gasteiger partial charge is 0.239 e. The summed E-state index contributed by atoms with van der Waals surface area (Å²) in [7, 11) is 0. The average Bonchev–Trinajstić information content (AvgIpc) is 2.27. The van der Waals surface area contributed by atoms with E-state index < -0.39 is 0 Å². The monoisotopic (exact) mass is 204 g/mol. The fourth-order valence-corrected chi connectivity index (χ4v) is 0.995. The fourth-order valence-electron chi connectivity index (χ4n) is 0.995. The molecule has 78 valence electrons. The van der Waals surface area contributed by atoms with Gasteiger partial charge in [0.2, 0.25) is 5.91 Å². The first-order valence-corrected chi connectivity index (χ1v) is 4.63. The molecule has 0 saturated heterocycles. The van der Waals surface area contributed by atoms with Crippen LogP contribution in [-0.4, -0.2) is 24.0 Å². The topological polar surface area (TPSA) is 77.8 Å². The van der Waals surface area contributed by atoms with Crippen molar-refractivity contribution in [2.75, 3.05) is 18.4 Å². The van der Waals surface area contributed by atoms with Gasteiger partial charge in [-0.15, -0.1) is 0 Å². The molecule has 0 bridgehead atoms. The van der Waals surface area contributed by atoms with Crippen LogP contribution in [0.2, 0.25) is 0 Å². The van der Waals surface area contributed by atoms with E-state index in [1.807, 2.05) is 13.0 Å². The molecule has 0 radical (unpaired) electrons. The number of nitriles is 1. The van der Waals surface area contributed by atoms with Crippen LogP contribution in [0, 0.1) is 11.3 Å². The predicted molar refractivity (Wildman–Crippen MR) is 56.1 cm³/mol. The molecule has 0 atom stereocenters. The van der Waals surface area contributed by atoms with Crippen LogP contribution in [-0.2, 0) is 4.79 Å². The van der Waals surface area contributed by atoms with Crippen molar-refractivity contribution in [2.45, 2.75) is 6.92 Å². The van der Waals surface area contributed by atoms with E-state index in [0.717, 1.165) is 0 Å². The van der Waals surface area contributed by atoms with Gasteiger partial charge < -0.3 is 10.6 Å². The third kappa shape index (κ3) is 3.65. The highest BCUT2D eigenvalue weighted by Gasteiger charge is 1.99. The summed E-state index contributed by atoms with van der Waals surface area (Å²) in [6.45, 7) is 2.66. The second-order valence-corrected chi connectivity index (χ2v) is 2.85. The Kier molecular flexibility index (Phi) is 4.10. The Labute approximate surface area is 88.1 Å². The van der Waals surface area contributed by atoms with Crippen molar-refractivity contribution in [1.29, 1.82) is 5.26 Å². The minimum Gasteiger partial charge on any atom is -0.361 e. The number of nitrogens with zero attached hydrogens (tertiary/aromatic N) is 2. The number of pyridine rings is 1. The molecule has 0 aliphatic heterocycles. The van der Waals surface area contributed by atoms with Gasteiger partial charge >= 0.3 is 0 Å². The summed E-state index contributed by atoms with van der Waals surface area (Å²) in [5.74, 6) is 0.504. The van der Waals surface area contributed by atoms with Crippen molar-refractivity contribution >= 4 is 11.7 Å². The van der Waals surface area contributed by atoms with E-state index in [1.54, 1.807) is 12.1 Å². The van der Waals surface area contributed by atoms with Gasteiger partial charge in [-0.25, -0.2) is 4.98 Å². The molecule has 1 aromatic rings. The summed E-state index contributed by atoms with van der Waals surface area (Å²) in [4.78, 5) is 15.1. The van der Waals surface area contributed by atoms with Gasteiger partial charge in [0.1, 0.15) is 11.9 Å². The zero-order valence-corrected chi connectivity index (χ0v) is 8.45. The van der Waals surface area contributed by atoms with Crippen molar-refractivity contribution < 1.29 is 4.79 Å². The number of likely N-dealkylation sites (N-methyl/N-ethyl adjacent to an activating group) is 1. The van der Waals surface area contributed by atoms with Crippen LogP contribution in [0.3, 0.4) is 0 Å². The van der Waals surface area contributed by atoms with Crippen LogP contribution >= 0.6 is 0 Å². The van der Waals surface area contributed by atoms with Gasteiger partial charge in [-0.05, 0) is 19.1 Å². The van der Waals surface area contributed by atoms with Gasteiger partial charge in [-0.2, -0.15) is 5.26 Å². The average molecular weight is 204 g/mol. The molecule has 0 unspecified atom stereocenters. The summed E-state index contributed by atoms with van der Waals surface area (Å²) in [6, 6.07) is 5.28. The Hall–Kier alpha value is -2.09. The summed E-state index contributed by atoms with van der Waals surface area (Å²) in [5.41, 5.74) is 0.499. The van der Waals surface area contributed by atoms with Gasteiger partial charge in [0.05, 0.1) is 12.1 Å². The Bertz CT molecular complexity index is 366. The maximum absolute atomic E-state index is 11.1. The Morgan fingerprint density at radius 1 is 1.60 bits per heavy atom. The second kappa shape index (κ2) is 5.60. The predicted octanol–water partition coefficient (Wildman–Crippen LogP) is 0.501. The summed E-state index contributed by atoms with van der Waals surface area (Å²) >= 11 is 0. The SMILES string of the molecule is CCNC(=O)CNc1ccc(C#N)cn1. The fraction of sp³-hybridized carbons (Fsp3) is 0.300. The normalized spacial score (nSPS) is 9.07. The second-order valence-electron chi connectivity index (χ2n) is 2.85. The maximum Gasteiger partial charge on any atom is 0.239 e. The highest BCUT2D eigenvalue weighted by atomic mass is 16.1. The lowest BCUT2D eigenvalue weighted by molar-refractivity contribution is -0.119. The van der Waals surface area contributed by atoms with Gasteiger partial charge in [-0.1, -0.05) is 0 Å². The molecule has 5 heteroatoms. The first-order chi connectivity index (χ1) is 7.26. The molecule has 1 amide bonds. The standard InChI is InChI=1S/C10H12N4O/c1-2-12-10(15)7-14-9-4-3-8(5-11)6-13-9/h3-4,6H,2,7H2,1H3,(H,12,15)(H,13,14). The lowest BCUT2D eigenvalue weighted by Crippen LogP contribution is -2.29. The Morgan fingerprint density at radius 2 is 2.40 bits per heavy atom. The first kappa shape index (κ1) is 11.0. The quantitative estimate of drug-likeness (QED) is 0.748. The minimum atomic E-state index is -0.0799. The minimum absolute atomic E-state index is 0.0799. The number of hydrogen-bond donors (Lipinski definition) is 2. The molecular weight excluding hydrogens is 192 g/mol. The van der Waals surface area contributed by atoms with Crippen LogP contribution in [0.4, 0.5) is 5.82 Å². The van der Waals surface area contributed by atoms with Crippen LogP contribution < -0.4 is 10.6 Å². The van der Waals surface area contributed by atoms with E-state index in [9.17, 15) is 4.79 Å². The molecule has 0 aliphatic carbocycles. The number of aromatic nitrogens is 1. The van der Waals surface area contributed by atoms with Crippen molar-refractivity contribution in [2.24, 2.45) is 0 Å². The number of anilines is 1. The van der Waals surface area contributed by atoms with Crippen LogP contribution in [0.25, 0.3) is 0 Å². The summed E-state index contributed by atoms with van der Waals surface area (Å²) < 4.78 is 0. The Balaban J connectivity index is 2.45. The Morgan fingerprint density at radius 3 is 2.93 bits per heavy atom. The number of carbonyl (C=O) groups is 1. The third-order valence-corrected chi connectivity index (χ3v) is 1.70. The third-order valence-electron chi connectivity index (χ3n) is 1.70. The molecule has 0 aliphatic rings. The molecule has 1 aromatic heterocycles. The van der Waals surface area contributed by atoms with E-state index in [-0.39, 0.29) is 12.5 Å². The van der Waals surface area contributed by atoms with Crippen molar-refractivity contribution in [1.82, 2.24) is 10.3 Å². The highest BCUT2D eigenvalue weighted by molar-refractivity contribution is 5.80. The van der Waals surface area contributed by atoms with Crippen LogP contribution in [0.1, 0.15) is 12.5 Å². The molecule has 5 nitrogen and oxygen atoms in total. The van der Waals surface area contributed by atoms with Gasteiger partial charge in [0, 0.05) is 12.7 Å². The largest absolute Gasteiger partial charge is 0.361 e. The number of rotatable bonds is 4. The van der Waals surface area contributed by atoms with E-state index in [0.29, 0.717) is 17.9 Å². The number of hydrogen-bond acceptors (Lipinski definition) is 4. The van der Waals surface area contributed by atoms with Crippen LogP contribution in [0.15, 0.2) is 18.3 Å². The summed E-state index contributed by atoms with van der Waals surface area (Å²) in [5, 5.41) is 14.0. The molecule has 0 fully saturated rings. The summed E-state index contributed by atoms with van der Waals surface area (Å²) in [6.07, 6.45) is 1.46. The first-order valence-electron chi connectivity index (χ1n) is 4.63. The van der Waals surface area contributed by atoms with E-state index in [1.165, 1.54) is 6.20 Å². The van der Waals surface area contributed by atoms with E-state index in [2.05, 4.69) is 15.6 Å². The van der Waals surface area contributed by atoms with Gasteiger partial charge in [0.15, 0.2) is 0 Å². The molecule has 0 spiro atoms. The molecule has 15 heavy (non-hydrogen) atoms. The number of amides is 1. The highest BCUT2D eigenvalue weighted by Crippen LogP contribution is 2.02. The molecular formula is C10H12N4O. The lowest BCUT2D eigenvalue weighted by atomic mass is 10.3. The zero-order valence-electron chi connectivity index (χ0n) is 8.45. The molecule has 2 N–H and O–H groups in total.